The average Bonchev–Trinajstić information content (AvgIpc) is 2.32. The Morgan fingerprint density at radius 2 is 1.89 bits per heavy atom. The lowest BCUT2D eigenvalue weighted by molar-refractivity contribution is -0.143. The topological polar surface area (TPSA) is 78.4 Å². The predicted molar refractivity (Wildman–Crippen MR) is 73.8 cm³/mol. The van der Waals surface area contributed by atoms with Gasteiger partial charge in [-0.3, -0.25) is 14.9 Å². The van der Waals surface area contributed by atoms with Gasteiger partial charge in [0.25, 0.3) is 0 Å². The zero-order valence-corrected chi connectivity index (χ0v) is 12.3. The third kappa shape index (κ3) is 4.49. The van der Waals surface area contributed by atoms with Gasteiger partial charge in [0.2, 0.25) is 5.91 Å². The Morgan fingerprint density at radius 1 is 1.26 bits per heavy atom. The summed E-state index contributed by atoms with van der Waals surface area (Å²) in [6, 6.07) is 0.214. The predicted octanol–water partition coefficient (Wildman–Crippen LogP) is 1.38. The van der Waals surface area contributed by atoms with E-state index in [1.165, 1.54) is 6.42 Å². The number of rotatable bonds is 5. The molecule has 110 valence electrons. The Hall–Kier alpha value is -1.10. The lowest BCUT2D eigenvalue weighted by Crippen LogP contribution is -2.52. The normalized spacial score (nSPS) is 27.9. The molecule has 0 bridgehead atoms. The van der Waals surface area contributed by atoms with Crippen molar-refractivity contribution in [1.29, 1.82) is 0 Å². The third-order valence-electron chi connectivity index (χ3n) is 4.28. The van der Waals surface area contributed by atoms with Gasteiger partial charge in [-0.05, 0) is 32.1 Å². The van der Waals surface area contributed by atoms with Gasteiger partial charge in [-0.2, -0.15) is 0 Å². The molecule has 1 rings (SSSR count). The maximum atomic E-state index is 11.9. The number of nitrogens with one attached hydrogen (secondary N) is 2. The molecule has 5 heteroatoms. The molecular weight excluding hydrogens is 244 g/mol. The molecule has 3 N–H and O–H groups in total. The molecule has 3 atom stereocenters. The van der Waals surface area contributed by atoms with Crippen LogP contribution in [0.3, 0.4) is 0 Å². The second-order valence-corrected chi connectivity index (χ2v) is 6.23. The number of carbonyl (C=O) groups excluding carboxylic acids is 1. The smallest absolute Gasteiger partial charge is 0.323 e. The quantitative estimate of drug-likeness (QED) is 0.705. The largest absolute Gasteiger partial charge is 0.480 e. The van der Waals surface area contributed by atoms with Crippen LogP contribution in [0.1, 0.15) is 47.0 Å². The van der Waals surface area contributed by atoms with E-state index in [0.29, 0.717) is 11.8 Å². The first kappa shape index (κ1) is 16.0. The molecule has 1 aliphatic rings. The van der Waals surface area contributed by atoms with Crippen LogP contribution in [0, 0.1) is 11.8 Å². The van der Waals surface area contributed by atoms with Gasteiger partial charge >= 0.3 is 5.97 Å². The summed E-state index contributed by atoms with van der Waals surface area (Å²) in [6.45, 7) is 7.52. The van der Waals surface area contributed by atoms with Gasteiger partial charge in [-0.25, -0.2) is 0 Å². The summed E-state index contributed by atoms with van der Waals surface area (Å²) in [5.74, 6) is 0.0212. The van der Waals surface area contributed by atoms with Crippen LogP contribution in [0.5, 0.6) is 0 Å². The fourth-order valence-corrected chi connectivity index (χ4v) is 2.42. The van der Waals surface area contributed by atoms with Crippen molar-refractivity contribution >= 4 is 11.9 Å². The number of carboxylic acid groups (broad SMARTS) is 1. The maximum absolute atomic E-state index is 11.9. The van der Waals surface area contributed by atoms with E-state index in [-0.39, 0.29) is 18.5 Å². The Labute approximate surface area is 115 Å². The lowest BCUT2D eigenvalue weighted by Gasteiger charge is -2.34. The van der Waals surface area contributed by atoms with Crippen molar-refractivity contribution in [2.75, 3.05) is 6.54 Å². The molecule has 5 nitrogen and oxygen atoms in total. The Bertz CT molecular complexity index is 342. The van der Waals surface area contributed by atoms with Gasteiger partial charge in [-0.1, -0.05) is 26.7 Å². The van der Waals surface area contributed by atoms with Gasteiger partial charge < -0.3 is 10.4 Å². The molecule has 0 aliphatic heterocycles. The molecule has 0 heterocycles. The van der Waals surface area contributed by atoms with Crippen LogP contribution < -0.4 is 10.6 Å². The molecule has 0 saturated heterocycles. The summed E-state index contributed by atoms with van der Waals surface area (Å²) in [5.41, 5.74) is -1.08. The Morgan fingerprint density at radius 3 is 2.47 bits per heavy atom. The van der Waals surface area contributed by atoms with Crippen LogP contribution in [0.2, 0.25) is 0 Å². The summed E-state index contributed by atoms with van der Waals surface area (Å²) >= 11 is 0. The summed E-state index contributed by atoms with van der Waals surface area (Å²) in [5, 5.41) is 14.7. The van der Waals surface area contributed by atoms with Crippen LogP contribution in [0.15, 0.2) is 0 Å². The summed E-state index contributed by atoms with van der Waals surface area (Å²) < 4.78 is 0. The zero-order chi connectivity index (χ0) is 14.6. The monoisotopic (exact) mass is 270 g/mol. The van der Waals surface area contributed by atoms with Gasteiger partial charge in [0.15, 0.2) is 0 Å². The fraction of sp³-hybridized carbons (Fsp3) is 0.857. The molecule has 0 aromatic carbocycles. The minimum absolute atomic E-state index is 0.0386. The molecule has 1 aliphatic carbocycles. The maximum Gasteiger partial charge on any atom is 0.323 e. The van der Waals surface area contributed by atoms with Gasteiger partial charge in [0, 0.05) is 6.04 Å². The SMILES string of the molecule is CC1CCCC(NC(=O)CNC(C)(C)C(=O)O)C1C. The van der Waals surface area contributed by atoms with E-state index in [1.807, 2.05) is 0 Å². The van der Waals surface area contributed by atoms with E-state index in [1.54, 1.807) is 13.8 Å². The number of carbonyl (C=O) groups is 2. The number of hydrogen-bond acceptors (Lipinski definition) is 3. The highest BCUT2D eigenvalue weighted by atomic mass is 16.4. The molecule has 0 radical (unpaired) electrons. The first-order valence-corrected chi connectivity index (χ1v) is 7.02. The van der Waals surface area contributed by atoms with E-state index in [4.69, 9.17) is 5.11 Å². The third-order valence-corrected chi connectivity index (χ3v) is 4.28. The van der Waals surface area contributed by atoms with Crippen LogP contribution >= 0.6 is 0 Å². The Kier molecular flexibility index (Phi) is 5.35. The molecule has 0 spiro atoms. The number of aliphatic carboxylic acids is 1. The van der Waals surface area contributed by atoms with Gasteiger partial charge in [-0.15, -0.1) is 0 Å². The minimum Gasteiger partial charge on any atom is -0.480 e. The standard InChI is InChI=1S/C14H26N2O3/c1-9-6-5-7-11(10(9)2)16-12(17)8-15-14(3,4)13(18)19/h9-11,15H,5-8H2,1-4H3,(H,16,17)(H,18,19). The average molecular weight is 270 g/mol. The molecule has 0 aromatic heterocycles. The molecule has 0 aromatic rings. The molecule has 3 unspecified atom stereocenters. The summed E-state index contributed by atoms with van der Waals surface area (Å²) in [7, 11) is 0. The van der Waals surface area contributed by atoms with E-state index >= 15 is 0 Å². The van der Waals surface area contributed by atoms with E-state index < -0.39 is 11.5 Å². The molecular formula is C14H26N2O3. The molecule has 19 heavy (non-hydrogen) atoms. The minimum atomic E-state index is -1.08. The van der Waals surface area contributed by atoms with Crippen LogP contribution in [0.25, 0.3) is 0 Å². The van der Waals surface area contributed by atoms with Crippen LogP contribution in [-0.4, -0.2) is 35.1 Å². The fourth-order valence-electron chi connectivity index (χ4n) is 2.42. The van der Waals surface area contributed by atoms with Crippen molar-refractivity contribution in [3.8, 4) is 0 Å². The van der Waals surface area contributed by atoms with Crippen molar-refractivity contribution in [2.24, 2.45) is 11.8 Å². The van der Waals surface area contributed by atoms with E-state index in [0.717, 1.165) is 12.8 Å². The summed E-state index contributed by atoms with van der Waals surface area (Å²) in [4.78, 5) is 22.8. The number of hydrogen-bond donors (Lipinski definition) is 3. The van der Waals surface area contributed by atoms with Crippen molar-refractivity contribution in [3.63, 3.8) is 0 Å². The summed E-state index contributed by atoms with van der Waals surface area (Å²) in [6.07, 6.45) is 3.38. The highest BCUT2D eigenvalue weighted by Crippen LogP contribution is 2.29. The van der Waals surface area contributed by atoms with Gasteiger partial charge in [0.1, 0.15) is 5.54 Å². The van der Waals surface area contributed by atoms with Crippen molar-refractivity contribution < 1.29 is 14.7 Å². The van der Waals surface area contributed by atoms with Crippen molar-refractivity contribution in [2.45, 2.75) is 58.5 Å². The highest BCUT2D eigenvalue weighted by molar-refractivity contribution is 5.81. The molecule has 1 fully saturated rings. The second kappa shape index (κ2) is 6.37. The second-order valence-electron chi connectivity index (χ2n) is 6.23. The van der Waals surface area contributed by atoms with Crippen LogP contribution in [-0.2, 0) is 9.59 Å². The van der Waals surface area contributed by atoms with Crippen molar-refractivity contribution in [1.82, 2.24) is 10.6 Å². The van der Waals surface area contributed by atoms with Crippen molar-refractivity contribution in [3.05, 3.63) is 0 Å². The molecule has 1 saturated carbocycles. The van der Waals surface area contributed by atoms with Gasteiger partial charge in [0.05, 0.1) is 6.54 Å². The lowest BCUT2D eigenvalue weighted by atomic mass is 9.78. The highest BCUT2D eigenvalue weighted by Gasteiger charge is 2.30. The Balaban J connectivity index is 2.41. The van der Waals surface area contributed by atoms with Crippen LogP contribution in [0.4, 0.5) is 0 Å². The van der Waals surface area contributed by atoms with E-state index in [9.17, 15) is 9.59 Å². The first-order chi connectivity index (χ1) is 8.74. The van der Waals surface area contributed by atoms with E-state index in [2.05, 4.69) is 24.5 Å². The number of carboxylic acids is 1. The number of amides is 1. The molecule has 1 amide bonds. The zero-order valence-electron chi connectivity index (χ0n) is 12.3. The first-order valence-electron chi connectivity index (χ1n) is 7.02.